The number of sulfonamides is 1. The molecule has 0 fully saturated rings. The van der Waals surface area contributed by atoms with Crippen LogP contribution in [0.4, 0.5) is 10.1 Å². The molecule has 1 aromatic heterocycles. The smallest absolute Gasteiger partial charge is 0.262 e. The van der Waals surface area contributed by atoms with Gasteiger partial charge in [-0.2, -0.15) is 0 Å². The van der Waals surface area contributed by atoms with Crippen molar-refractivity contribution in [3.05, 3.63) is 90.0 Å². The molecule has 0 radical (unpaired) electrons. The van der Waals surface area contributed by atoms with Crippen molar-refractivity contribution in [3.8, 4) is 0 Å². The molecule has 0 aliphatic heterocycles. The largest absolute Gasteiger partial charge is 0.352 e. The standard InChI is InChI=1S/C20H18FN3O3S/c21-16-6-3-5-15(13-16)10-12-23-20(25)18-8-1-2-9-19(18)28(26,27)24-17-7-4-11-22-14-17/h1-9,11,13-14,24H,10,12H2,(H,23,25). The van der Waals surface area contributed by atoms with Crippen molar-refractivity contribution in [2.24, 2.45) is 0 Å². The number of halogens is 1. The molecule has 0 unspecified atom stereocenters. The summed E-state index contributed by atoms with van der Waals surface area (Å²) >= 11 is 0. The highest BCUT2D eigenvalue weighted by Crippen LogP contribution is 2.19. The first-order valence-corrected chi connectivity index (χ1v) is 9.98. The van der Waals surface area contributed by atoms with Crippen molar-refractivity contribution in [1.82, 2.24) is 10.3 Å². The van der Waals surface area contributed by atoms with Crippen LogP contribution >= 0.6 is 0 Å². The van der Waals surface area contributed by atoms with Gasteiger partial charge in [0, 0.05) is 12.7 Å². The lowest BCUT2D eigenvalue weighted by Crippen LogP contribution is -2.28. The average Bonchev–Trinajstić information content (AvgIpc) is 2.68. The summed E-state index contributed by atoms with van der Waals surface area (Å²) < 4.78 is 41.0. The molecule has 3 rings (SSSR count). The molecule has 0 aliphatic rings. The third kappa shape index (κ3) is 4.92. The maximum absolute atomic E-state index is 13.2. The van der Waals surface area contributed by atoms with Crippen LogP contribution < -0.4 is 10.0 Å². The van der Waals surface area contributed by atoms with Gasteiger partial charge >= 0.3 is 0 Å². The van der Waals surface area contributed by atoms with E-state index in [-0.39, 0.29) is 22.8 Å². The van der Waals surface area contributed by atoms with Gasteiger partial charge < -0.3 is 5.32 Å². The highest BCUT2D eigenvalue weighted by molar-refractivity contribution is 7.92. The predicted molar refractivity (Wildman–Crippen MR) is 104 cm³/mol. The van der Waals surface area contributed by atoms with E-state index in [4.69, 9.17) is 0 Å². The van der Waals surface area contributed by atoms with E-state index < -0.39 is 15.9 Å². The Morgan fingerprint density at radius 1 is 1.04 bits per heavy atom. The molecule has 0 saturated heterocycles. The molecule has 0 atom stereocenters. The van der Waals surface area contributed by atoms with Crippen LogP contribution in [0.2, 0.25) is 0 Å². The van der Waals surface area contributed by atoms with Crippen LogP contribution in [0, 0.1) is 5.82 Å². The highest BCUT2D eigenvalue weighted by Gasteiger charge is 2.22. The van der Waals surface area contributed by atoms with Gasteiger partial charge in [0.15, 0.2) is 0 Å². The fourth-order valence-corrected chi connectivity index (χ4v) is 3.88. The summed E-state index contributed by atoms with van der Waals surface area (Å²) in [5.74, 6) is -0.870. The Bertz CT molecular complexity index is 1070. The summed E-state index contributed by atoms with van der Waals surface area (Å²) in [6, 6.07) is 15.2. The lowest BCUT2D eigenvalue weighted by atomic mass is 10.1. The number of pyridine rings is 1. The molecule has 3 aromatic rings. The molecule has 8 heteroatoms. The lowest BCUT2D eigenvalue weighted by molar-refractivity contribution is 0.0951. The molecule has 0 aliphatic carbocycles. The summed E-state index contributed by atoms with van der Waals surface area (Å²) in [5, 5.41) is 2.68. The molecule has 1 amide bonds. The minimum atomic E-state index is -3.97. The Kier molecular flexibility index (Phi) is 6.00. The minimum Gasteiger partial charge on any atom is -0.352 e. The van der Waals surface area contributed by atoms with Gasteiger partial charge in [-0.15, -0.1) is 0 Å². The second kappa shape index (κ2) is 8.62. The van der Waals surface area contributed by atoms with Crippen molar-refractivity contribution in [1.29, 1.82) is 0 Å². The molecule has 6 nitrogen and oxygen atoms in total. The van der Waals surface area contributed by atoms with Crippen LogP contribution in [0.5, 0.6) is 0 Å². The first-order chi connectivity index (χ1) is 13.5. The maximum atomic E-state index is 13.2. The van der Waals surface area contributed by atoms with E-state index in [1.807, 2.05) is 0 Å². The normalized spacial score (nSPS) is 11.0. The molecular weight excluding hydrogens is 381 g/mol. The molecule has 0 saturated carbocycles. The van der Waals surface area contributed by atoms with Gasteiger partial charge in [-0.1, -0.05) is 24.3 Å². The van der Waals surface area contributed by atoms with Gasteiger partial charge in [-0.25, -0.2) is 12.8 Å². The Morgan fingerprint density at radius 3 is 2.61 bits per heavy atom. The van der Waals surface area contributed by atoms with Crippen LogP contribution in [0.15, 0.2) is 78.0 Å². The van der Waals surface area contributed by atoms with Crippen LogP contribution in [0.3, 0.4) is 0 Å². The minimum absolute atomic E-state index is 0.0260. The van der Waals surface area contributed by atoms with E-state index in [0.29, 0.717) is 12.1 Å². The van der Waals surface area contributed by atoms with Gasteiger partial charge in [0.2, 0.25) is 0 Å². The van der Waals surface area contributed by atoms with Gasteiger partial charge in [-0.05, 0) is 48.4 Å². The van der Waals surface area contributed by atoms with Crippen LogP contribution in [0.1, 0.15) is 15.9 Å². The van der Waals surface area contributed by atoms with E-state index in [1.54, 1.807) is 36.4 Å². The van der Waals surface area contributed by atoms with Crippen LogP contribution in [-0.4, -0.2) is 25.9 Å². The van der Waals surface area contributed by atoms with Gasteiger partial charge in [0.1, 0.15) is 10.7 Å². The third-order valence-electron chi connectivity index (χ3n) is 3.92. The molecule has 2 aromatic carbocycles. The van der Waals surface area contributed by atoms with E-state index in [0.717, 1.165) is 5.56 Å². The number of aromatic nitrogens is 1. The van der Waals surface area contributed by atoms with Crippen molar-refractivity contribution in [2.45, 2.75) is 11.3 Å². The zero-order chi connectivity index (χ0) is 20.0. The lowest BCUT2D eigenvalue weighted by Gasteiger charge is -2.12. The molecular formula is C20H18FN3O3S. The number of hydrogen-bond donors (Lipinski definition) is 2. The summed E-state index contributed by atoms with van der Waals surface area (Å²) in [4.78, 5) is 16.3. The van der Waals surface area contributed by atoms with E-state index in [2.05, 4.69) is 15.0 Å². The zero-order valence-corrected chi connectivity index (χ0v) is 15.6. The van der Waals surface area contributed by atoms with Crippen molar-refractivity contribution in [3.63, 3.8) is 0 Å². The Hall–Kier alpha value is -3.26. The van der Waals surface area contributed by atoms with Crippen molar-refractivity contribution in [2.75, 3.05) is 11.3 Å². The quantitative estimate of drug-likeness (QED) is 0.639. The van der Waals surface area contributed by atoms with Crippen LogP contribution in [0.25, 0.3) is 0 Å². The number of carbonyl (C=O) groups is 1. The molecule has 144 valence electrons. The van der Waals surface area contributed by atoms with Gasteiger partial charge in [-0.3, -0.25) is 14.5 Å². The Morgan fingerprint density at radius 2 is 1.86 bits per heavy atom. The Labute approximate surface area is 162 Å². The predicted octanol–water partition coefficient (Wildman–Crippen LogP) is 2.99. The van der Waals surface area contributed by atoms with Gasteiger partial charge in [0.05, 0.1) is 17.4 Å². The monoisotopic (exact) mass is 399 g/mol. The van der Waals surface area contributed by atoms with Crippen molar-refractivity contribution >= 4 is 21.6 Å². The number of carbonyl (C=O) groups excluding carboxylic acids is 1. The number of nitrogens with zero attached hydrogens (tertiary/aromatic N) is 1. The van der Waals surface area contributed by atoms with Crippen molar-refractivity contribution < 1.29 is 17.6 Å². The number of amides is 1. The second-order valence-electron chi connectivity index (χ2n) is 5.98. The molecule has 28 heavy (non-hydrogen) atoms. The summed E-state index contributed by atoms with van der Waals surface area (Å²) in [6.45, 7) is 0.243. The van der Waals surface area contributed by atoms with E-state index >= 15 is 0 Å². The zero-order valence-electron chi connectivity index (χ0n) is 14.8. The highest BCUT2D eigenvalue weighted by atomic mass is 32.2. The topological polar surface area (TPSA) is 88.2 Å². The SMILES string of the molecule is O=C(NCCc1cccc(F)c1)c1ccccc1S(=O)(=O)Nc1cccnc1. The van der Waals surface area contributed by atoms with E-state index in [9.17, 15) is 17.6 Å². The second-order valence-corrected chi connectivity index (χ2v) is 7.63. The average molecular weight is 399 g/mol. The number of nitrogens with one attached hydrogen (secondary N) is 2. The fraction of sp³-hybridized carbons (Fsp3) is 0.100. The summed E-state index contributed by atoms with van der Waals surface area (Å²) in [5.41, 5.74) is 1.06. The number of hydrogen-bond acceptors (Lipinski definition) is 4. The summed E-state index contributed by atoms with van der Waals surface area (Å²) in [7, 11) is -3.97. The third-order valence-corrected chi connectivity index (χ3v) is 5.36. The fourth-order valence-electron chi connectivity index (χ4n) is 2.63. The number of anilines is 1. The number of benzene rings is 2. The van der Waals surface area contributed by atoms with Crippen LogP contribution in [-0.2, 0) is 16.4 Å². The first kappa shape index (κ1) is 19.5. The van der Waals surface area contributed by atoms with Gasteiger partial charge in [0.25, 0.3) is 15.9 Å². The number of rotatable bonds is 7. The first-order valence-electron chi connectivity index (χ1n) is 8.50. The molecule has 0 spiro atoms. The summed E-state index contributed by atoms with van der Waals surface area (Å²) in [6.07, 6.45) is 3.32. The maximum Gasteiger partial charge on any atom is 0.262 e. The molecule has 2 N–H and O–H groups in total. The molecule has 0 bridgehead atoms. The molecule has 1 heterocycles. The van der Waals surface area contributed by atoms with E-state index in [1.165, 1.54) is 36.7 Å². The Balaban J connectivity index is 1.73.